The van der Waals surface area contributed by atoms with Gasteiger partial charge in [0.2, 0.25) is 11.7 Å². The second kappa shape index (κ2) is 7.56. The minimum absolute atomic E-state index is 0.0286. The van der Waals surface area contributed by atoms with Gasteiger partial charge in [-0.05, 0) is 35.1 Å². The summed E-state index contributed by atoms with van der Waals surface area (Å²) < 4.78 is 11.5. The number of nitrogens with one attached hydrogen (secondary N) is 1. The molecule has 6 heteroatoms. The summed E-state index contributed by atoms with van der Waals surface area (Å²) in [5.41, 5.74) is 2.10. The van der Waals surface area contributed by atoms with E-state index in [0.717, 1.165) is 12.0 Å². The average molecular weight is 371 g/mol. The second-order valence-corrected chi connectivity index (χ2v) is 7.90. The number of benzene rings is 1. The van der Waals surface area contributed by atoms with Crippen LogP contribution in [0.15, 0.2) is 40.8 Å². The molecule has 2 atom stereocenters. The van der Waals surface area contributed by atoms with Gasteiger partial charge in [-0.25, -0.2) is 4.79 Å². The molecule has 2 aromatic rings. The van der Waals surface area contributed by atoms with Crippen LogP contribution in [0, 0.1) is 0 Å². The van der Waals surface area contributed by atoms with E-state index in [-0.39, 0.29) is 23.1 Å². The maximum atomic E-state index is 11.4. The summed E-state index contributed by atoms with van der Waals surface area (Å²) in [6.45, 7) is 6.76. The first kappa shape index (κ1) is 19.2. The Kier molecular flexibility index (Phi) is 5.37. The fraction of sp³-hybridized carbons (Fsp3) is 0.429. The van der Waals surface area contributed by atoms with Crippen LogP contribution in [-0.4, -0.2) is 29.6 Å². The molecule has 1 amide bonds. The SMILES string of the molecule is CC(C)(C)c1ccc([C@@H](OCC2CCC(=O)N2)c2ccc(C(=O)O)o2)cc1. The summed E-state index contributed by atoms with van der Waals surface area (Å²) in [5.74, 6) is -0.786. The molecular formula is C21H25NO5. The van der Waals surface area contributed by atoms with E-state index >= 15 is 0 Å². The molecule has 0 spiro atoms. The Labute approximate surface area is 158 Å². The van der Waals surface area contributed by atoms with Crippen LogP contribution < -0.4 is 5.32 Å². The van der Waals surface area contributed by atoms with Gasteiger partial charge in [0.15, 0.2) is 0 Å². The summed E-state index contributed by atoms with van der Waals surface area (Å²) in [5, 5.41) is 12.0. The van der Waals surface area contributed by atoms with Crippen LogP contribution >= 0.6 is 0 Å². The van der Waals surface area contributed by atoms with Crippen molar-refractivity contribution in [3.05, 3.63) is 59.0 Å². The smallest absolute Gasteiger partial charge is 0.371 e. The van der Waals surface area contributed by atoms with E-state index in [9.17, 15) is 9.59 Å². The molecule has 2 N–H and O–H groups in total. The molecule has 1 fully saturated rings. The number of hydrogen-bond acceptors (Lipinski definition) is 4. The minimum Gasteiger partial charge on any atom is -0.475 e. The largest absolute Gasteiger partial charge is 0.475 e. The normalized spacial score (nSPS) is 18.3. The molecule has 144 valence electrons. The van der Waals surface area contributed by atoms with Crippen molar-refractivity contribution < 1.29 is 23.8 Å². The Bertz CT molecular complexity index is 816. The molecule has 27 heavy (non-hydrogen) atoms. The molecular weight excluding hydrogens is 346 g/mol. The van der Waals surface area contributed by atoms with Crippen molar-refractivity contribution in [1.82, 2.24) is 5.32 Å². The number of carbonyl (C=O) groups excluding carboxylic acids is 1. The molecule has 1 aromatic heterocycles. The number of carbonyl (C=O) groups is 2. The lowest BCUT2D eigenvalue weighted by Crippen LogP contribution is -2.30. The van der Waals surface area contributed by atoms with Crippen LogP contribution in [0.1, 0.15) is 67.2 Å². The number of ether oxygens (including phenoxy) is 1. The molecule has 3 rings (SSSR count). The van der Waals surface area contributed by atoms with E-state index in [0.29, 0.717) is 18.8 Å². The zero-order chi connectivity index (χ0) is 19.6. The minimum atomic E-state index is -1.12. The predicted octanol–water partition coefficient (Wildman–Crippen LogP) is 3.66. The number of amides is 1. The van der Waals surface area contributed by atoms with Gasteiger partial charge >= 0.3 is 5.97 Å². The first-order chi connectivity index (χ1) is 12.7. The highest BCUT2D eigenvalue weighted by molar-refractivity contribution is 5.84. The van der Waals surface area contributed by atoms with E-state index in [1.807, 2.05) is 24.3 Å². The highest BCUT2D eigenvalue weighted by atomic mass is 16.5. The molecule has 0 radical (unpaired) electrons. The van der Waals surface area contributed by atoms with Gasteiger partial charge in [-0.3, -0.25) is 4.79 Å². The van der Waals surface area contributed by atoms with E-state index in [2.05, 4.69) is 26.1 Å². The third-order valence-corrected chi connectivity index (χ3v) is 4.72. The Morgan fingerprint density at radius 3 is 2.48 bits per heavy atom. The number of carboxylic acid groups (broad SMARTS) is 1. The van der Waals surface area contributed by atoms with Crippen LogP contribution in [0.2, 0.25) is 0 Å². The van der Waals surface area contributed by atoms with Gasteiger partial charge in [-0.2, -0.15) is 0 Å². The van der Waals surface area contributed by atoms with Gasteiger partial charge in [0.1, 0.15) is 11.9 Å². The highest BCUT2D eigenvalue weighted by Gasteiger charge is 2.26. The first-order valence-corrected chi connectivity index (χ1v) is 9.08. The van der Waals surface area contributed by atoms with Gasteiger partial charge < -0.3 is 19.6 Å². The van der Waals surface area contributed by atoms with Crippen LogP contribution in [0.3, 0.4) is 0 Å². The van der Waals surface area contributed by atoms with E-state index < -0.39 is 12.1 Å². The highest BCUT2D eigenvalue weighted by Crippen LogP contribution is 2.31. The number of furan rings is 1. The van der Waals surface area contributed by atoms with Crippen molar-refractivity contribution in [3.8, 4) is 0 Å². The summed E-state index contributed by atoms with van der Waals surface area (Å²) in [7, 11) is 0. The van der Waals surface area contributed by atoms with Crippen LogP contribution in [-0.2, 0) is 14.9 Å². The second-order valence-electron chi connectivity index (χ2n) is 7.90. The standard InChI is InChI=1S/C21H25NO5/c1-21(2,3)14-6-4-13(5-7-14)19(16-9-10-17(27-16)20(24)25)26-12-15-8-11-18(23)22-15/h4-7,9-10,15,19H,8,11-12H2,1-3H3,(H,22,23)(H,24,25)/t15?,19-/m1/s1. The molecule has 1 aliphatic rings. The zero-order valence-corrected chi connectivity index (χ0v) is 15.8. The average Bonchev–Trinajstić information content (AvgIpc) is 3.24. The molecule has 2 heterocycles. The fourth-order valence-corrected chi connectivity index (χ4v) is 3.12. The molecule has 1 unspecified atom stereocenters. The third kappa shape index (κ3) is 4.57. The number of hydrogen-bond donors (Lipinski definition) is 2. The third-order valence-electron chi connectivity index (χ3n) is 4.72. The molecule has 0 saturated carbocycles. The molecule has 0 bridgehead atoms. The number of rotatable bonds is 6. The Balaban J connectivity index is 1.84. The van der Waals surface area contributed by atoms with Crippen molar-refractivity contribution >= 4 is 11.9 Å². The van der Waals surface area contributed by atoms with Crippen LogP contribution in [0.5, 0.6) is 0 Å². The van der Waals surface area contributed by atoms with E-state index in [4.69, 9.17) is 14.3 Å². The molecule has 1 saturated heterocycles. The number of aromatic carboxylic acids is 1. The monoisotopic (exact) mass is 371 g/mol. The van der Waals surface area contributed by atoms with Crippen LogP contribution in [0.25, 0.3) is 0 Å². The van der Waals surface area contributed by atoms with Crippen molar-refractivity contribution in [3.63, 3.8) is 0 Å². The lowest BCUT2D eigenvalue weighted by Gasteiger charge is -2.22. The molecule has 6 nitrogen and oxygen atoms in total. The van der Waals surface area contributed by atoms with Gasteiger partial charge in [0.25, 0.3) is 0 Å². The maximum Gasteiger partial charge on any atom is 0.371 e. The van der Waals surface area contributed by atoms with Crippen molar-refractivity contribution in [2.75, 3.05) is 6.61 Å². The quantitative estimate of drug-likeness (QED) is 0.809. The van der Waals surface area contributed by atoms with Crippen LogP contribution in [0.4, 0.5) is 0 Å². The van der Waals surface area contributed by atoms with Crippen molar-refractivity contribution in [2.24, 2.45) is 0 Å². The molecule has 0 aliphatic carbocycles. The van der Waals surface area contributed by atoms with Crippen molar-refractivity contribution in [2.45, 2.75) is 51.2 Å². The summed E-state index contributed by atoms with van der Waals surface area (Å²) >= 11 is 0. The van der Waals surface area contributed by atoms with Gasteiger partial charge in [-0.15, -0.1) is 0 Å². The summed E-state index contributed by atoms with van der Waals surface area (Å²) in [6.07, 6.45) is 0.695. The molecule has 1 aliphatic heterocycles. The van der Waals surface area contributed by atoms with E-state index in [1.54, 1.807) is 6.07 Å². The lowest BCUT2D eigenvalue weighted by molar-refractivity contribution is -0.119. The predicted molar refractivity (Wildman–Crippen MR) is 99.8 cm³/mol. The summed E-state index contributed by atoms with van der Waals surface area (Å²) in [6, 6.07) is 11.0. The molecule has 1 aromatic carbocycles. The zero-order valence-electron chi connectivity index (χ0n) is 15.8. The van der Waals surface area contributed by atoms with Gasteiger partial charge in [-0.1, -0.05) is 45.0 Å². The van der Waals surface area contributed by atoms with E-state index in [1.165, 1.54) is 11.6 Å². The number of carboxylic acids is 1. The first-order valence-electron chi connectivity index (χ1n) is 9.08. The topological polar surface area (TPSA) is 88.8 Å². The fourth-order valence-electron chi connectivity index (χ4n) is 3.12. The summed E-state index contributed by atoms with van der Waals surface area (Å²) in [4.78, 5) is 22.5. The maximum absolute atomic E-state index is 11.4. The Hall–Kier alpha value is -2.60. The van der Waals surface area contributed by atoms with Gasteiger partial charge in [0.05, 0.1) is 12.6 Å². The van der Waals surface area contributed by atoms with Gasteiger partial charge in [0, 0.05) is 6.42 Å². The van der Waals surface area contributed by atoms with Crippen molar-refractivity contribution in [1.29, 1.82) is 0 Å². The Morgan fingerprint density at radius 1 is 1.26 bits per heavy atom. The lowest BCUT2D eigenvalue weighted by atomic mass is 9.86. The Morgan fingerprint density at radius 2 is 1.96 bits per heavy atom.